The van der Waals surface area contributed by atoms with Crippen molar-refractivity contribution in [3.63, 3.8) is 0 Å². The Morgan fingerprint density at radius 2 is 1.47 bits per heavy atom. The first-order valence-electron chi connectivity index (χ1n) is 10.9. The van der Waals surface area contributed by atoms with E-state index in [0.29, 0.717) is 0 Å². The predicted octanol–water partition coefficient (Wildman–Crippen LogP) is 7.54. The molecule has 0 fully saturated rings. The molecule has 0 saturated carbocycles. The monoisotopic (exact) mass is 419 g/mol. The lowest BCUT2D eigenvalue weighted by Crippen LogP contribution is -2.35. The lowest BCUT2D eigenvalue weighted by atomic mass is 10.0. The molecule has 6 rings (SSSR count). The van der Waals surface area contributed by atoms with E-state index < -0.39 is 0 Å². The number of rotatable bonds is 2. The molecule has 0 amide bonds. The molecule has 1 aromatic heterocycles. The van der Waals surface area contributed by atoms with E-state index in [2.05, 4.69) is 109 Å². The maximum Gasteiger partial charge on any atom is 0.108 e. The van der Waals surface area contributed by atoms with Crippen molar-refractivity contribution in [2.75, 3.05) is 9.80 Å². The number of nitrogens with zero attached hydrogens (tertiary/aromatic N) is 3. The summed E-state index contributed by atoms with van der Waals surface area (Å²) in [5.41, 5.74) is 12.5. The maximum absolute atomic E-state index is 4.83. The number of hydrogen-bond acceptors (Lipinski definition) is 3. The number of anilines is 4. The van der Waals surface area contributed by atoms with Crippen molar-refractivity contribution >= 4 is 22.7 Å². The van der Waals surface area contributed by atoms with Gasteiger partial charge in [0.15, 0.2) is 0 Å². The predicted molar refractivity (Wildman–Crippen MR) is 135 cm³/mol. The van der Waals surface area contributed by atoms with Crippen LogP contribution in [0.5, 0.6) is 0 Å². The smallest absolute Gasteiger partial charge is 0.108 e. The van der Waals surface area contributed by atoms with Crippen LogP contribution < -0.4 is 9.80 Å². The summed E-state index contributed by atoms with van der Waals surface area (Å²) in [5.74, 6) is 0. The number of aromatic nitrogens is 1. The van der Waals surface area contributed by atoms with Crippen molar-refractivity contribution in [2.24, 2.45) is 0 Å². The highest BCUT2D eigenvalue weighted by Gasteiger charge is 2.37. The Morgan fingerprint density at radius 1 is 0.750 bits per heavy atom. The van der Waals surface area contributed by atoms with Crippen LogP contribution in [0, 0.1) is 13.8 Å². The van der Waals surface area contributed by atoms with Crippen LogP contribution in [-0.4, -0.2) is 11.1 Å². The minimum absolute atomic E-state index is 0. The maximum atomic E-state index is 4.83. The molecule has 0 saturated heterocycles. The molecule has 4 aromatic rings. The summed E-state index contributed by atoms with van der Waals surface area (Å²) in [6.07, 6.45) is 1.08. The van der Waals surface area contributed by atoms with Gasteiger partial charge in [-0.25, -0.2) is 0 Å². The van der Waals surface area contributed by atoms with Crippen molar-refractivity contribution in [1.29, 1.82) is 0 Å². The molecule has 3 heteroatoms. The van der Waals surface area contributed by atoms with Gasteiger partial charge in [-0.2, -0.15) is 0 Å². The molecule has 3 nitrogen and oxygen atoms in total. The van der Waals surface area contributed by atoms with Crippen molar-refractivity contribution < 1.29 is 0 Å². The molecule has 1 aliphatic heterocycles. The molecule has 1 atom stereocenters. The number of pyridine rings is 1. The third-order valence-electron chi connectivity index (χ3n) is 6.64. The van der Waals surface area contributed by atoms with Gasteiger partial charge in [0.25, 0.3) is 0 Å². The first-order chi connectivity index (χ1) is 15.1. The fourth-order valence-electron chi connectivity index (χ4n) is 5.20. The summed E-state index contributed by atoms with van der Waals surface area (Å²) in [6.45, 7) is 6.56. The van der Waals surface area contributed by atoms with Crippen molar-refractivity contribution in [2.45, 2.75) is 40.8 Å². The Bertz CT molecular complexity index is 1310. The number of benzene rings is 3. The average Bonchev–Trinajstić information content (AvgIpc) is 3.26. The Morgan fingerprint density at radius 3 is 2.25 bits per heavy atom. The SMILES string of the molecule is C.Cc1ccc2c(n1)Cc1cc3c(cc1-2)N(c1ccccc1C)[C@@H](C)N3c1ccccc1. The summed E-state index contributed by atoms with van der Waals surface area (Å²) in [4.78, 5) is 9.77. The van der Waals surface area contributed by atoms with Gasteiger partial charge >= 0.3 is 0 Å². The third kappa shape index (κ3) is 2.92. The summed E-state index contributed by atoms with van der Waals surface area (Å²) >= 11 is 0. The highest BCUT2D eigenvalue weighted by molar-refractivity contribution is 5.94. The fourth-order valence-corrected chi connectivity index (χ4v) is 5.20. The molecule has 2 heterocycles. The zero-order valence-electron chi connectivity index (χ0n) is 18.1. The number of para-hydroxylation sites is 2. The Labute approximate surface area is 191 Å². The summed E-state index contributed by atoms with van der Waals surface area (Å²) in [5, 5.41) is 0. The highest BCUT2D eigenvalue weighted by Crippen LogP contribution is 2.52. The van der Waals surface area contributed by atoms with Crippen LogP contribution in [0.4, 0.5) is 22.7 Å². The fraction of sp³-hybridized carbons (Fsp3) is 0.207. The molecule has 1 aliphatic carbocycles. The van der Waals surface area contributed by atoms with Gasteiger partial charge < -0.3 is 9.80 Å². The van der Waals surface area contributed by atoms with E-state index in [1.807, 2.05) is 0 Å². The van der Waals surface area contributed by atoms with E-state index in [1.54, 1.807) is 0 Å². The normalized spacial score (nSPS) is 15.8. The van der Waals surface area contributed by atoms with E-state index in [0.717, 1.165) is 12.1 Å². The number of hydrogen-bond donors (Lipinski definition) is 0. The van der Waals surface area contributed by atoms with Crippen LogP contribution in [0.3, 0.4) is 0 Å². The molecule has 2 aliphatic rings. The third-order valence-corrected chi connectivity index (χ3v) is 6.64. The Balaban J connectivity index is 0.00000216. The van der Waals surface area contributed by atoms with Crippen molar-refractivity contribution in [3.8, 4) is 11.1 Å². The molecule has 0 N–H and O–H groups in total. The van der Waals surface area contributed by atoms with E-state index in [1.165, 1.54) is 50.7 Å². The van der Waals surface area contributed by atoms with Crippen LogP contribution in [0.15, 0.2) is 78.9 Å². The van der Waals surface area contributed by atoms with Gasteiger partial charge in [-0.15, -0.1) is 0 Å². The largest absolute Gasteiger partial charge is 0.319 e. The zero-order chi connectivity index (χ0) is 21.1. The van der Waals surface area contributed by atoms with Crippen molar-refractivity contribution in [1.82, 2.24) is 4.98 Å². The molecule has 3 aromatic carbocycles. The Kier molecular flexibility index (Phi) is 4.78. The molecule has 32 heavy (non-hydrogen) atoms. The summed E-state index contributed by atoms with van der Waals surface area (Å²) in [7, 11) is 0. The van der Waals surface area contributed by atoms with Crippen LogP contribution in [0.2, 0.25) is 0 Å². The minimum Gasteiger partial charge on any atom is -0.319 e. The molecular formula is C29H29N3. The van der Waals surface area contributed by atoms with Crippen LogP contribution in [0.25, 0.3) is 11.1 Å². The summed E-state index contributed by atoms with van der Waals surface area (Å²) in [6, 6.07) is 28.5. The first kappa shape index (κ1) is 20.3. The number of fused-ring (bicyclic) bond motifs is 4. The van der Waals surface area contributed by atoms with Gasteiger partial charge in [0.05, 0.1) is 17.1 Å². The molecular weight excluding hydrogens is 390 g/mol. The van der Waals surface area contributed by atoms with E-state index >= 15 is 0 Å². The first-order valence-corrected chi connectivity index (χ1v) is 10.9. The van der Waals surface area contributed by atoms with Gasteiger partial charge in [-0.3, -0.25) is 4.98 Å². The molecule has 0 unspecified atom stereocenters. The second-order valence-corrected chi connectivity index (χ2v) is 8.62. The molecule has 0 bridgehead atoms. The van der Waals surface area contributed by atoms with Gasteiger partial charge in [-0.05, 0) is 73.9 Å². The van der Waals surface area contributed by atoms with Gasteiger partial charge in [0.2, 0.25) is 0 Å². The topological polar surface area (TPSA) is 19.4 Å². The second kappa shape index (κ2) is 7.52. The van der Waals surface area contributed by atoms with Gasteiger partial charge in [0.1, 0.15) is 6.17 Å². The van der Waals surface area contributed by atoms with E-state index in [4.69, 9.17) is 4.98 Å². The van der Waals surface area contributed by atoms with Crippen LogP contribution in [0.1, 0.15) is 36.9 Å². The Hall–Kier alpha value is -3.59. The number of aryl methyl sites for hydroxylation is 2. The molecule has 0 spiro atoms. The second-order valence-electron chi connectivity index (χ2n) is 8.62. The summed E-state index contributed by atoms with van der Waals surface area (Å²) < 4.78 is 0. The minimum atomic E-state index is 0. The lowest BCUT2D eigenvalue weighted by molar-refractivity contribution is 0.759. The standard InChI is InChI=1S/C28H25N3.CH4/c1-18-9-7-8-12-26(18)31-20(3)30(22-10-5-4-6-11-22)27-16-21-15-25-23(14-13-19(2)29-25)24(21)17-28(27)31;/h4-14,16-17,20H,15H2,1-3H3;1H4/t20-;/m0./s1. The average molecular weight is 420 g/mol. The van der Waals surface area contributed by atoms with Crippen molar-refractivity contribution in [3.05, 3.63) is 101 Å². The zero-order valence-corrected chi connectivity index (χ0v) is 18.1. The van der Waals surface area contributed by atoms with E-state index in [-0.39, 0.29) is 13.6 Å². The highest BCUT2D eigenvalue weighted by atomic mass is 15.4. The van der Waals surface area contributed by atoms with Gasteiger partial charge in [-0.1, -0.05) is 49.9 Å². The van der Waals surface area contributed by atoms with Gasteiger partial charge in [0, 0.05) is 29.1 Å². The quantitative estimate of drug-likeness (QED) is 0.295. The molecule has 0 radical (unpaired) electrons. The molecule has 160 valence electrons. The van der Waals surface area contributed by atoms with E-state index in [9.17, 15) is 0 Å². The van der Waals surface area contributed by atoms with Crippen LogP contribution >= 0.6 is 0 Å². The van der Waals surface area contributed by atoms with Crippen LogP contribution in [-0.2, 0) is 6.42 Å². The lowest BCUT2D eigenvalue weighted by Gasteiger charge is -2.31.